The number of hydrogen-bond acceptors (Lipinski definition) is 2. The molecule has 18 heavy (non-hydrogen) atoms. The smallest absolute Gasteiger partial charge is 0.118 e. The Morgan fingerprint density at radius 1 is 1.17 bits per heavy atom. The van der Waals surface area contributed by atoms with Crippen molar-refractivity contribution in [3.63, 3.8) is 0 Å². The summed E-state index contributed by atoms with van der Waals surface area (Å²) in [4.78, 5) is 2.48. The van der Waals surface area contributed by atoms with Gasteiger partial charge in [-0.05, 0) is 50.9 Å². The van der Waals surface area contributed by atoms with Gasteiger partial charge in [0.1, 0.15) is 5.75 Å². The van der Waals surface area contributed by atoms with E-state index in [2.05, 4.69) is 30.9 Å². The number of benzene rings is 1. The van der Waals surface area contributed by atoms with Crippen molar-refractivity contribution in [1.82, 2.24) is 4.90 Å². The fourth-order valence-electron chi connectivity index (χ4n) is 1.96. The molecule has 0 aliphatic rings. The molecule has 0 saturated heterocycles. The van der Waals surface area contributed by atoms with Gasteiger partial charge in [-0.2, -0.15) is 0 Å². The molecule has 1 aromatic carbocycles. The van der Waals surface area contributed by atoms with Crippen LogP contribution < -0.4 is 4.74 Å². The molecule has 0 atom stereocenters. The number of rotatable bonds is 8. The second-order valence-corrected chi connectivity index (χ2v) is 5.15. The van der Waals surface area contributed by atoms with Crippen LogP contribution in [0.4, 0.5) is 0 Å². The fraction of sp³-hybridized carbons (Fsp3) is 0.600. The predicted molar refractivity (Wildman–Crippen MR) is 78.7 cm³/mol. The molecule has 0 aromatic heterocycles. The van der Waals surface area contributed by atoms with E-state index in [0.717, 1.165) is 37.6 Å². The van der Waals surface area contributed by atoms with Crippen molar-refractivity contribution in [2.24, 2.45) is 0 Å². The molecule has 0 unspecified atom stereocenters. The van der Waals surface area contributed by atoms with Crippen LogP contribution in [0.2, 0.25) is 0 Å². The first-order valence-corrected chi connectivity index (χ1v) is 7.13. The van der Waals surface area contributed by atoms with Gasteiger partial charge in [-0.25, -0.2) is 0 Å². The summed E-state index contributed by atoms with van der Waals surface area (Å²) in [5, 5.41) is 0. The maximum atomic E-state index is 5.76. The zero-order chi connectivity index (χ0) is 13.4. The molecular formula is C15H24ClNO. The Morgan fingerprint density at radius 3 is 2.33 bits per heavy atom. The molecule has 0 fully saturated rings. The molecule has 0 N–H and O–H groups in total. The van der Waals surface area contributed by atoms with Gasteiger partial charge in [0.2, 0.25) is 0 Å². The highest BCUT2D eigenvalue weighted by Gasteiger charge is 2.08. The summed E-state index contributed by atoms with van der Waals surface area (Å²) in [6, 6.07) is 8.89. The fourth-order valence-corrected chi connectivity index (χ4v) is 2.08. The van der Waals surface area contributed by atoms with Crippen LogP contribution in [0.5, 0.6) is 5.75 Å². The molecule has 1 rings (SSSR count). The third kappa shape index (κ3) is 5.28. The molecule has 0 radical (unpaired) electrons. The average Bonchev–Trinajstić information content (AvgIpc) is 2.39. The highest BCUT2D eigenvalue weighted by atomic mass is 35.5. The molecule has 0 amide bonds. The van der Waals surface area contributed by atoms with E-state index < -0.39 is 0 Å². The van der Waals surface area contributed by atoms with E-state index >= 15 is 0 Å². The normalized spacial score (nSPS) is 11.2. The third-order valence-electron chi connectivity index (χ3n) is 3.16. The second-order valence-electron chi connectivity index (χ2n) is 4.77. The van der Waals surface area contributed by atoms with Gasteiger partial charge in [-0.15, -0.1) is 11.6 Å². The van der Waals surface area contributed by atoms with Crippen molar-refractivity contribution in [2.45, 2.75) is 32.7 Å². The summed E-state index contributed by atoms with van der Waals surface area (Å²) in [5.74, 6) is 1.66. The van der Waals surface area contributed by atoms with Crippen LogP contribution >= 0.6 is 11.6 Å². The highest BCUT2D eigenvalue weighted by molar-refractivity contribution is 6.17. The molecule has 0 saturated carbocycles. The monoisotopic (exact) mass is 269 g/mol. The van der Waals surface area contributed by atoms with E-state index in [4.69, 9.17) is 16.3 Å². The number of nitrogens with zero attached hydrogens (tertiary/aromatic N) is 1. The molecule has 0 spiro atoms. The molecule has 0 heterocycles. The summed E-state index contributed by atoms with van der Waals surface area (Å²) < 4.78 is 5.16. The molecule has 0 bridgehead atoms. The van der Waals surface area contributed by atoms with E-state index in [-0.39, 0.29) is 0 Å². The summed E-state index contributed by atoms with van der Waals surface area (Å²) in [6.07, 6.45) is 2.13. The lowest BCUT2D eigenvalue weighted by atomic mass is 10.1. The molecular weight excluding hydrogens is 246 g/mol. The molecule has 1 aromatic rings. The number of methoxy groups -OCH3 is 1. The number of ether oxygens (including phenoxy) is 1. The van der Waals surface area contributed by atoms with E-state index in [1.807, 2.05) is 12.1 Å². The topological polar surface area (TPSA) is 12.5 Å². The van der Waals surface area contributed by atoms with Crippen LogP contribution in [0.3, 0.4) is 0 Å². The van der Waals surface area contributed by atoms with Crippen molar-refractivity contribution >= 4 is 11.6 Å². The van der Waals surface area contributed by atoms with Gasteiger partial charge in [0.25, 0.3) is 0 Å². The van der Waals surface area contributed by atoms with E-state index in [1.165, 1.54) is 5.56 Å². The summed E-state index contributed by atoms with van der Waals surface area (Å²) in [7, 11) is 1.70. The third-order valence-corrected chi connectivity index (χ3v) is 3.42. The first-order valence-electron chi connectivity index (χ1n) is 6.60. The minimum Gasteiger partial charge on any atom is -0.497 e. The summed E-state index contributed by atoms with van der Waals surface area (Å²) >= 11 is 5.76. The largest absolute Gasteiger partial charge is 0.497 e. The zero-order valence-corrected chi connectivity index (χ0v) is 12.4. The summed E-state index contributed by atoms with van der Waals surface area (Å²) in [5.41, 5.74) is 1.35. The lowest BCUT2D eigenvalue weighted by Crippen LogP contribution is -2.33. The van der Waals surface area contributed by atoms with Gasteiger partial charge in [-0.1, -0.05) is 12.1 Å². The van der Waals surface area contributed by atoms with Crippen molar-refractivity contribution in [2.75, 3.05) is 26.1 Å². The Bertz CT molecular complexity index is 324. The van der Waals surface area contributed by atoms with Gasteiger partial charge in [-0.3, -0.25) is 0 Å². The lowest BCUT2D eigenvalue weighted by molar-refractivity contribution is 0.225. The van der Waals surface area contributed by atoms with Crippen LogP contribution in [0.15, 0.2) is 24.3 Å². The Kier molecular flexibility index (Phi) is 7.14. The Labute approximate surface area is 116 Å². The first kappa shape index (κ1) is 15.3. The number of alkyl halides is 1. The Balaban J connectivity index is 2.44. The van der Waals surface area contributed by atoms with Crippen LogP contribution in [0.25, 0.3) is 0 Å². The molecule has 0 aliphatic carbocycles. The quantitative estimate of drug-likeness (QED) is 0.669. The van der Waals surface area contributed by atoms with Crippen LogP contribution in [-0.4, -0.2) is 37.0 Å². The SMILES string of the molecule is COc1ccc(CCN(CCCCl)C(C)C)cc1. The van der Waals surface area contributed by atoms with E-state index in [1.54, 1.807) is 7.11 Å². The summed E-state index contributed by atoms with van der Waals surface area (Å²) in [6.45, 7) is 6.64. The van der Waals surface area contributed by atoms with Crippen molar-refractivity contribution in [3.8, 4) is 5.75 Å². The van der Waals surface area contributed by atoms with Gasteiger partial charge in [0, 0.05) is 18.5 Å². The van der Waals surface area contributed by atoms with Gasteiger partial charge < -0.3 is 9.64 Å². The molecule has 2 nitrogen and oxygen atoms in total. The maximum absolute atomic E-state index is 5.76. The standard InChI is InChI=1S/C15H24ClNO/c1-13(2)17(11-4-10-16)12-9-14-5-7-15(18-3)8-6-14/h5-8,13H,4,9-12H2,1-3H3. The van der Waals surface area contributed by atoms with Gasteiger partial charge in [0.15, 0.2) is 0 Å². The first-order chi connectivity index (χ1) is 8.67. The van der Waals surface area contributed by atoms with Crippen molar-refractivity contribution < 1.29 is 4.74 Å². The average molecular weight is 270 g/mol. The minimum absolute atomic E-state index is 0.575. The molecule has 0 aliphatic heterocycles. The van der Waals surface area contributed by atoms with E-state index in [9.17, 15) is 0 Å². The maximum Gasteiger partial charge on any atom is 0.118 e. The Morgan fingerprint density at radius 2 is 1.83 bits per heavy atom. The Hall–Kier alpha value is -0.730. The number of halogens is 1. The highest BCUT2D eigenvalue weighted by Crippen LogP contribution is 2.12. The van der Waals surface area contributed by atoms with Gasteiger partial charge in [0.05, 0.1) is 7.11 Å². The van der Waals surface area contributed by atoms with Crippen molar-refractivity contribution in [1.29, 1.82) is 0 Å². The molecule has 3 heteroatoms. The zero-order valence-electron chi connectivity index (χ0n) is 11.7. The predicted octanol–water partition coefficient (Wildman–Crippen LogP) is 3.58. The lowest BCUT2D eigenvalue weighted by Gasteiger charge is -2.26. The van der Waals surface area contributed by atoms with Crippen LogP contribution in [0.1, 0.15) is 25.8 Å². The van der Waals surface area contributed by atoms with Crippen LogP contribution in [0, 0.1) is 0 Å². The molecule has 102 valence electrons. The number of hydrogen-bond donors (Lipinski definition) is 0. The van der Waals surface area contributed by atoms with E-state index in [0.29, 0.717) is 6.04 Å². The second kappa shape index (κ2) is 8.39. The van der Waals surface area contributed by atoms with Crippen LogP contribution in [-0.2, 0) is 6.42 Å². The minimum atomic E-state index is 0.575. The van der Waals surface area contributed by atoms with Gasteiger partial charge >= 0.3 is 0 Å². The van der Waals surface area contributed by atoms with Crippen molar-refractivity contribution in [3.05, 3.63) is 29.8 Å².